The molecule has 3 nitrogen and oxygen atoms in total. The molecule has 100 valence electrons. The molecule has 1 aliphatic heterocycles. The third-order valence-corrected chi connectivity index (χ3v) is 3.90. The van der Waals surface area contributed by atoms with Crippen molar-refractivity contribution in [3.05, 3.63) is 0 Å². The van der Waals surface area contributed by atoms with Gasteiger partial charge in [-0.3, -0.25) is 4.79 Å². The van der Waals surface area contributed by atoms with Crippen molar-refractivity contribution in [1.82, 2.24) is 4.90 Å². The fourth-order valence-corrected chi connectivity index (χ4v) is 2.97. The molecular weight excluding hydrogens is 214 g/mol. The van der Waals surface area contributed by atoms with E-state index in [0.717, 1.165) is 31.3 Å². The Labute approximate surface area is 105 Å². The summed E-state index contributed by atoms with van der Waals surface area (Å²) in [4.78, 5) is 13.1. The average molecular weight is 241 g/mol. The molecule has 0 radical (unpaired) electrons. The van der Waals surface area contributed by atoms with Crippen LogP contribution in [0.25, 0.3) is 0 Å². The van der Waals surface area contributed by atoms with Crippen LogP contribution in [0.2, 0.25) is 0 Å². The topological polar surface area (TPSA) is 40.5 Å². The van der Waals surface area contributed by atoms with E-state index in [4.69, 9.17) is 5.11 Å². The minimum absolute atomic E-state index is 0.321. The van der Waals surface area contributed by atoms with E-state index in [1.807, 2.05) is 0 Å². The molecule has 1 fully saturated rings. The predicted molar refractivity (Wildman–Crippen MR) is 70.2 cm³/mol. The zero-order valence-electron chi connectivity index (χ0n) is 11.3. The zero-order valence-corrected chi connectivity index (χ0v) is 11.3. The summed E-state index contributed by atoms with van der Waals surface area (Å²) >= 11 is 0. The Bertz CT molecular complexity index is 230. The number of unbranched alkanes of at least 4 members (excludes halogenated alkanes) is 1. The van der Waals surface area contributed by atoms with Crippen LogP contribution >= 0.6 is 0 Å². The molecule has 1 aliphatic rings. The molecular formula is C14H27NO2. The highest BCUT2D eigenvalue weighted by Gasteiger charge is 2.26. The SMILES string of the molecule is CCCC1C(C)CCCN1CCCCC(=O)O. The van der Waals surface area contributed by atoms with Gasteiger partial charge in [0.2, 0.25) is 0 Å². The summed E-state index contributed by atoms with van der Waals surface area (Å²) in [5, 5.41) is 8.62. The molecule has 0 amide bonds. The van der Waals surface area contributed by atoms with Crippen molar-refractivity contribution in [3.63, 3.8) is 0 Å². The number of hydrogen-bond acceptors (Lipinski definition) is 2. The highest BCUT2D eigenvalue weighted by molar-refractivity contribution is 5.66. The third kappa shape index (κ3) is 5.07. The largest absolute Gasteiger partial charge is 0.481 e. The van der Waals surface area contributed by atoms with Gasteiger partial charge in [-0.2, -0.15) is 0 Å². The minimum Gasteiger partial charge on any atom is -0.481 e. The molecule has 2 unspecified atom stereocenters. The maximum absolute atomic E-state index is 10.5. The van der Waals surface area contributed by atoms with E-state index < -0.39 is 5.97 Å². The van der Waals surface area contributed by atoms with Crippen molar-refractivity contribution in [2.24, 2.45) is 5.92 Å². The van der Waals surface area contributed by atoms with Crippen LogP contribution in [0.15, 0.2) is 0 Å². The van der Waals surface area contributed by atoms with Crippen LogP contribution in [0.1, 0.15) is 58.8 Å². The second-order valence-corrected chi connectivity index (χ2v) is 5.36. The Balaban J connectivity index is 2.30. The highest BCUT2D eigenvalue weighted by atomic mass is 16.4. The predicted octanol–water partition coefficient (Wildman–Crippen LogP) is 3.14. The van der Waals surface area contributed by atoms with Crippen molar-refractivity contribution >= 4 is 5.97 Å². The molecule has 0 aromatic carbocycles. The van der Waals surface area contributed by atoms with Crippen molar-refractivity contribution < 1.29 is 9.90 Å². The van der Waals surface area contributed by atoms with Crippen LogP contribution in [0.5, 0.6) is 0 Å². The summed E-state index contributed by atoms with van der Waals surface area (Å²) in [6.07, 6.45) is 7.37. The molecule has 1 rings (SSSR count). The van der Waals surface area contributed by atoms with E-state index in [1.54, 1.807) is 0 Å². The number of piperidine rings is 1. The van der Waals surface area contributed by atoms with E-state index in [-0.39, 0.29) is 0 Å². The van der Waals surface area contributed by atoms with E-state index in [2.05, 4.69) is 18.7 Å². The Morgan fingerprint density at radius 1 is 1.41 bits per heavy atom. The van der Waals surface area contributed by atoms with Gasteiger partial charge in [0.05, 0.1) is 0 Å². The number of carboxylic acid groups (broad SMARTS) is 1. The van der Waals surface area contributed by atoms with Crippen LogP contribution in [0.4, 0.5) is 0 Å². The Morgan fingerprint density at radius 2 is 2.18 bits per heavy atom. The zero-order chi connectivity index (χ0) is 12.7. The summed E-state index contributed by atoms with van der Waals surface area (Å²) in [6.45, 7) is 6.91. The molecule has 0 aliphatic carbocycles. The Morgan fingerprint density at radius 3 is 2.82 bits per heavy atom. The second kappa shape index (κ2) is 7.70. The molecule has 1 heterocycles. The first-order valence-electron chi connectivity index (χ1n) is 7.11. The maximum atomic E-state index is 10.5. The van der Waals surface area contributed by atoms with Gasteiger partial charge in [0.25, 0.3) is 0 Å². The smallest absolute Gasteiger partial charge is 0.303 e. The molecule has 1 N–H and O–H groups in total. The van der Waals surface area contributed by atoms with Crippen molar-refractivity contribution in [2.75, 3.05) is 13.1 Å². The van der Waals surface area contributed by atoms with Crippen LogP contribution in [0, 0.1) is 5.92 Å². The summed E-state index contributed by atoms with van der Waals surface area (Å²) in [5.41, 5.74) is 0. The number of aliphatic carboxylic acids is 1. The van der Waals surface area contributed by atoms with Gasteiger partial charge in [0.1, 0.15) is 0 Å². The third-order valence-electron chi connectivity index (χ3n) is 3.90. The van der Waals surface area contributed by atoms with Crippen LogP contribution < -0.4 is 0 Å². The number of rotatable bonds is 7. The lowest BCUT2D eigenvalue weighted by Crippen LogP contribution is -2.44. The van der Waals surface area contributed by atoms with E-state index in [0.29, 0.717) is 6.42 Å². The standard InChI is InChI=1S/C14H27NO2/c1-3-7-13-12(2)8-6-11-15(13)10-5-4-9-14(16)17/h12-13H,3-11H2,1-2H3,(H,16,17). The number of carbonyl (C=O) groups is 1. The quantitative estimate of drug-likeness (QED) is 0.696. The number of hydrogen-bond donors (Lipinski definition) is 1. The van der Waals surface area contributed by atoms with Gasteiger partial charge in [0.15, 0.2) is 0 Å². The molecule has 0 aromatic heterocycles. The molecule has 0 bridgehead atoms. The molecule has 0 aromatic rings. The molecule has 3 heteroatoms. The number of likely N-dealkylation sites (tertiary alicyclic amines) is 1. The van der Waals surface area contributed by atoms with E-state index in [9.17, 15) is 4.79 Å². The lowest BCUT2D eigenvalue weighted by molar-refractivity contribution is -0.137. The van der Waals surface area contributed by atoms with Crippen molar-refractivity contribution in [2.45, 2.75) is 64.8 Å². The maximum Gasteiger partial charge on any atom is 0.303 e. The lowest BCUT2D eigenvalue weighted by atomic mass is 9.88. The van der Waals surface area contributed by atoms with E-state index >= 15 is 0 Å². The minimum atomic E-state index is -0.665. The fourth-order valence-electron chi connectivity index (χ4n) is 2.97. The number of carboxylic acids is 1. The second-order valence-electron chi connectivity index (χ2n) is 5.36. The molecule has 1 saturated heterocycles. The van der Waals surface area contributed by atoms with Crippen LogP contribution in [-0.2, 0) is 4.79 Å². The van der Waals surface area contributed by atoms with Gasteiger partial charge in [-0.05, 0) is 51.1 Å². The van der Waals surface area contributed by atoms with Crippen LogP contribution in [0.3, 0.4) is 0 Å². The van der Waals surface area contributed by atoms with Gasteiger partial charge in [-0.25, -0.2) is 0 Å². The van der Waals surface area contributed by atoms with Gasteiger partial charge in [-0.1, -0.05) is 20.3 Å². The van der Waals surface area contributed by atoms with Crippen LogP contribution in [-0.4, -0.2) is 35.1 Å². The fraction of sp³-hybridized carbons (Fsp3) is 0.929. The van der Waals surface area contributed by atoms with Gasteiger partial charge < -0.3 is 10.0 Å². The van der Waals surface area contributed by atoms with Gasteiger partial charge in [0, 0.05) is 12.5 Å². The molecule has 17 heavy (non-hydrogen) atoms. The summed E-state index contributed by atoms with van der Waals surface area (Å²) < 4.78 is 0. The first-order valence-corrected chi connectivity index (χ1v) is 7.11. The Kier molecular flexibility index (Phi) is 6.56. The monoisotopic (exact) mass is 241 g/mol. The molecule has 0 saturated carbocycles. The van der Waals surface area contributed by atoms with Gasteiger partial charge in [-0.15, -0.1) is 0 Å². The summed E-state index contributed by atoms with van der Waals surface area (Å²) in [6, 6.07) is 0.735. The summed E-state index contributed by atoms with van der Waals surface area (Å²) in [7, 11) is 0. The lowest BCUT2D eigenvalue weighted by Gasteiger charge is -2.40. The first kappa shape index (κ1) is 14.5. The molecule has 2 atom stereocenters. The number of nitrogens with zero attached hydrogens (tertiary/aromatic N) is 1. The average Bonchev–Trinajstić information content (AvgIpc) is 2.28. The van der Waals surface area contributed by atoms with Crippen molar-refractivity contribution in [3.8, 4) is 0 Å². The Hall–Kier alpha value is -0.570. The molecule has 0 spiro atoms. The normalized spacial score (nSPS) is 26.0. The van der Waals surface area contributed by atoms with Gasteiger partial charge >= 0.3 is 5.97 Å². The van der Waals surface area contributed by atoms with Crippen molar-refractivity contribution in [1.29, 1.82) is 0 Å². The summed E-state index contributed by atoms with van der Waals surface area (Å²) in [5.74, 6) is 0.144. The van der Waals surface area contributed by atoms with E-state index in [1.165, 1.54) is 32.2 Å². The first-order chi connectivity index (χ1) is 8.15. The highest BCUT2D eigenvalue weighted by Crippen LogP contribution is 2.26.